The highest BCUT2D eigenvalue weighted by Gasteiger charge is 2.66. The largest absolute Gasteiger partial charge is 0.396 e. The third-order valence-corrected chi connectivity index (χ3v) is 12.8. The van der Waals surface area contributed by atoms with E-state index in [1.54, 1.807) is 0 Å². The molecule has 0 aromatic rings. The molecule has 4 aliphatic carbocycles. The molecular weight excluding hydrogens is 490 g/mol. The second kappa shape index (κ2) is 11.7. The Morgan fingerprint density at radius 3 is 2.38 bits per heavy atom. The minimum Gasteiger partial charge on any atom is -0.396 e. The van der Waals surface area contributed by atoms with Crippen LogP contribution < -0.4 is 0 Å². The lowest BCUT2D eigenvalue weighted by molar-refractivity contribution is -0.216. The van der Waals surface area contributed by atoms with E-state index in [1.165, 1.54) is 38.5 Å². The van der Waals surface area contributed by atoms with Crippen LogP contribution in [0.15, 0.2) is 0 Å². The van der Waals surface area contributed by atoms with E-state index in [2.05, 4.69) is 25.7 Å². The molecule has 1 saturated heterocycles. The number of Topliss-reactive ketones (excluding diaryl/α,β-unsaturated/α-hetero) is 1. The van der Waals surface area contributed by atoms with Crippen molar-refractivity contribution in [2.45, 2.75) is 129 Å². The molecule has 0 bridgehead atoms. The molecule has 1 aliphatic heterocycles. The minimum absolute atomic E-state index is 0.0122. The second-order valence-electron chi connectivity index (χ2n) is 14.8. The van der Waals surface area contributed by atoms with Gasteiger partial charge in [-0.3, -0.25) is 9.59 Å². The number of carbonyl (C=O) groups excluding carboxylic acids is 2. The van der Waals surface area contributed by atoms with E-state index in [4.69, 9.17) is 9.84 Å². The van der Waals surface area contributed by atoms with Gasteiger partial charge in [-0.05, 0) is 118 Å². The summed E-state index contributed by atoms with van der Waals surface area (Å²) in [6.07, 6.45) is 16.7. The van der Waals surface area contributed by atoms with Crippen molar-refractivity contribution in [3.05, 3.63) is 0 Å². The molecule has 0 radical (unpaired) electrons. The Bertz CT molecular complexity index is 887. The van der Waals surface area contributed by atoms with E-state index in [-0.39, 0.29) is 47.4 Å². The van der Waals surface area contributed by atoms with E-state index in [1.807, 2.05) is 0 Å². The van der Waals surface area contributed by atoms with Gasteiger partial charge in [0.2, 0.25) is 5.91 Å². The molecule has 0 aromatic heterocycles. The van der Waals surface area contributed by atoms with Crippen molar-refractivity contribution in [3.8, 4) is 0 Å². The van der Waals surface area contributed by atoms with Crippen LogP contribution >= 0.6 is 0 Å². The third kappa shape index (κ3) is 5.25. The summed E-state index contributed by atoms with van der Waals surface area (Å²) in [5.41, 5.74) is 0.350. The minimum atomic E-state index is -0.451. The maximum atomic E-state index is 14.0. The number of amides is 1. The zero-order valence-corrected chi connectivity index (χ0v) is 25.0. The Balaban J connectivity index is 1.41. The first-order chi connectivity index (χ1) is 18.7. The standard InChI is InChI=1S/C33H55NO5/c1-31-15-13-26(39-22-25(37)21-36)19-27(31)24(11-8-18-35)20-32(2)28(31)14-16-33(3)29(32)12-7-17-34(33)30(38)23-9-5-4-6-10-23/h23-24,26-29,35-36H,4-22H2,1-3H3/t24?,26-,27?,28?,29?,31-,32?,33-/m0/s1. The maximum absolute atomic E-state index is 14.0. The van der Waals surface area contributed by atoms with E-state index in [0.29, 0.717) is 29.6 Å². The number of rotatable bonds is 8. The SMILES string of the molecule is CC12CC(CCCO)C3C[C@@H](OCC(=O)CO)CC[C@]3(C)C1CC[C@@]1(C)C2CCCN1C(=O)C1CCCCC1. The topological polar surface area (TPSA) is 87.1 Å². The van der Waals surface area contributed by atoms with Crippen molar-refractivity contribution < 1.29 is 24.5 Å². The summed E-state index contributed by atoms with van der Waals surface area (Å²) >= 11 is 0. The maximum Gasteiger partial charge on any atom is 0.226 e. The van der Waals surface area contributed by atoms with Crippen LogP contribution in [0.2, 0.25) is 0 Å². The average molecular weight is 546 g/mol. The number of aliphatic hydroxyl groups is 2. The van der Waals surface area contributed by atoms with E-state index in [9.17, 15) is 14.7 Å². The number of fused-ring (bicyclic) bond motifs is 5. The van der Waals surface area contributed by atoms with E-state index < -0.39 is 6.61 Å². The van der Waals surface area contributed by atoms with Gasteiger partial charge in [-0.1, -0.05) is 33.1 Å². The molecule has 5 rings (SSSR count). The van der Waals surface area contributed by atoms with Gasteiger partial charge in [-0.15, -0.1) is 0 Å². The van der Waals surface area contributed by atoms with E-state index in [0.717, 1.165) is 64.3 Å². The predicted octanol–water partition coefficient (Wildman–Crippen LogP) is 5.53. The Morgan fingerprint density at radius 1 is 0.897 bits per heavy atom. The first-order valence-corrected chi connectivity index (χ1v) is 16.3. The predicted molar refractivity (Wildman–Crippen MR) is 152 cm³/mol. The second-order valence-corrected chi connectivity index (χ2v) is 14.8. The molecule has 222 valence electrons. The van der Waals surface area contributed by atoms with Crippen LogP contribution in [0.1, 0.15) is 117 Å². The van der Waals surface area contributed by atoms with Crippen molar-refractivity contribution in [2.75, 3.05) is 26.4 Å². The summed E-state index contributed by atoms with van der Waals surface area (Å²) in [4.78, 5) is 28.1. The number of likely N-dealkylation sites (tertiary alicyclic amines) is 1. The molecule has 2 N–H and O–H groups in total. The van der Waals surface area contributed by atoms with Crippen molar-refractivity contribution in [2.24, 2.45) is 40.4 Å². The first-order valence-electron chi connectivity index (χ1n) is 16.3. The van der Waals surface area contributed by atoms with Gasteiger partial charge in [-0.2, -0.15) is 0 Å². The number of ketones is 1. The van der Waals surface area contributed by atoms with Gasteiger partial charge in [0.1, 0.15) is 13.2 Å². The van der Waals surface area contributed by atoms with Crippen molar-refractivity contribution >= 4 is 11.7 Å². The number of hydrogen-bond acceptors (Lipinski definition) is 5. The van der Waals surface area contributed by atoms with Crippen LogP contribution in [-0.2, 0) is 14.3 Å². The van der Waals surface area contributed by atoms with Crippen molar-refractivity contribution in [1.82, 2.24) is 4.90 Å². The Morgan fingerprint density at radius 2 is 1.67 bits per heavy atom. The Kier molecular flexibility index (Phi) is 8.87. The zero-order chi connectivity index (χ0) is 27.8. The van der Waals surface area contributed by atoms with Gasteiger partial charge in [-0.25, -0.2) is 0 Å². The van der Waals surface area contributed by atoms with Crippen LogP contribution in [0.3, 0.4) is 0 Å². The highest BCUT2D eigenvalue weighted by molar-refractivity contribution is 5.80. The summed E-state index contributed by atoms with van der Waals surface area (Å²) in [7, 11) is 0. The van der Waals surface area contributed by atoms with Gasteiger partial charge in [0.15, 0.2) is 5.78 Å². The number of piperidine rings is 1. The quantitative estimate of drug-likeness (QED) is 0.419. The molecule has 1 heterocycles. The fourth-order valence-corrected chi connectivity index (χ4v) is 11.1. The molecule has 0 aromatic carbocycles. The number of aliphatic hydroxyl groups excluding tert-OH is 2. The molecule has 8 atom stereocenters. The molecular formula is C33H55NO5. The van der Waals surface area contributed by atoms with Crippen LogP contribution in [0.5, 0.6) is 0 Å². The van der Waals surface area contributed by atoms with Gasteiger partial charge in [0.25, 0.3) is 0 Å². The Labute approximate surface area is 236 Å². The summed E-state index contributed by atoms with van der Waals surface area (Å²) < 4.78 is 6.04. The molecule has 5 aliphatic rings. The van der Waals surface area contributed by atoms with Gasteiger partial charge in [0.05, 0.1) is 6.10 Å². The summed E-state index contributed by atoms with van der Waals surface area (Å²) in [5.74, 6) is 2.65. The van der Waals surface area contributed by atoms with Gasteiger partial charge in [0, 0.05) is 24.6 Å². The number of nitrogens with zero attached hydrogens (tertiary/aromatic N) is 1. The van der Waals surface area contributed by atoms with Crippen LogP contribution in [0.4, 0.5) is 0 Å². The van der Waals surface area contributed by atoms with Crippen LogP contribution in [-0.4, -0.2) is 64.8 Å². The molecule has 0 spiro atoms. The normalized spacial score (nSPS) is 42.8. The highest BCUT2D eigenvalue weighted by atomic mass is 16.5. The fraction of sp³-hybridized carbons (Fsp3) is 0.939. The molecule has 6 nitrogen and oxygen atoms in total. The highest BCUT2D eigenvalue weighted by Crippen LogP contribution is 2.70. The van der Waals surface area contributed by atoms with Crippen molar-refractivity contribution in [1.29, 1.82) is 0 Å². The van der Waals surface area contributed by atoms with Crippen LogP contribution in [0, 0.1) is 40.4 Å². The molecule has 5 unspecified atom stereocenters. The summed E-state index contributed by atoms with van der Waals surface area (Å²) in [6.45, 7) is 8.31. The smallest absolute Gasteiger partial charge is 0.226 e. The molecule has 39 heavy (non-hydrogen) atoms. The fourth-order valence-electron chi connectivity index (χ4n) is 11.1. The number of ether oxygens (including phenoxy) is 1. The third-order valence-electron chi connectivity index (χ3n) is 12.8. The monoisotopic (exact) mass is 545 g/mol. The lowest BCUT2D eigenvalue weighted by Crippen LogP contribution is -2.69. The van der Waals surface area contributed by atoms with Gasteiger partial charge >= 0.3 is 0 Å². The molecule has 1 amide bonds. The zero-order valence-electron chi connectivity index (χ0n) is 25.0. The molecule has 4 saturated carbocycles. The summed E-state index contributed by atoms with van der Waals surface area (Å²) in [5, 5.41) is 19.0. The van der Waals surface area contributed by atoms with Crippen molar-refractivity contribution in [3.63, 3.8) is 0 Å². The number of carbonyl (C=O) groups is 2. The van der Waals surface area contributed by atoms with Crippen LogP contribution in [0.25, 0.3) is 0 Å². The van der Waals surface area contributed by atoms with E-state index >= 15 is 0 Å². The first kappa shape index (κ1) is 29.5. The Hall–Kier alpha value is -0.980. The molecule has 5 fully saturated rings. The van der Waals surface area contributed by atoms with Gasteiger partial charge < -0.3 is 19.8 Å². The average Bonchev–Trinajstić information content (AvgIpc) is 2.94. The number of hydrogen-bond donors (Lipinski definition) is 2. The lowest BCUT2D eigenvalue weighted by atomic mass is 9.37. The molecule has 6 heteroatoms. The lowest BCUT2D eigenvalue weighted by Gasteiger charge is -2.70. The summed E-state index contributed by atoms with van der Waals surface area (Å²) in [6, 6.07) is 0.